The number of amides is 1. The molecule has 2 aromatic rings. The van der Waals surface area contributed by atoms with E-state index >= 15 is 0 Å². The third-order valence-electron chi connectivity index (χ3n) is 3.76. The van der Waals surface area contributed by atoms with Crippen molar-refractivity contribution >= 4 is 17.3 Å². The van der Waals surface area contributed by atoms with Gasteiger partial charge in [-0.05, 0) is 24.1 Å². The molecule has 0 radical (unpaired) electrons. The lowest BCUT2D eigenvalue weighted by Gasteiger charge is -2.16. The average Bonchev–Trinajstić information content (AvgIpc) is 2.56. The molecule has 1 unspecified atom stereocenters. The van der Waals surface area contributed by atoms with Crippen molar-refractivity contribution in [2.24, 2.45) is 0 Å². The molecule has 1 atom stereocenters. The molecule has 6 heteroatoms. The van der Waals surface area contributed by atoms with Gasteiger partial charge in [-0.15, -0.1) is 0 Å². The normalized spacial score (nSPS) is 11.7. The van der Waals surface area contributed by atoms with Crippen molar-refractivity contribution < 1.29 is 9.72 Å². The molecule has 23 heavy (non-hydrogen) atoms. The molecule has 6 nitrogen and oxygen atoms in total. The van der Waals surface area contributed by atoms with E-state index in [1.54, 1.807) is 0 Å². The van der Waals surface area contributed by atoms with Gasteiger partial charge in [0, 0.05) is 24.1 Å². The monoisotopic (exact) mass is 313 g/mol. The minimum absolute atomic E-state index is 0.0438. The molecule has 0 aliphatic heterocycles. The summed E-state index contributed by atoms with van der Waals surface area (Å²) < 4.78 is 0. The second-order valence-corrected chi connectivity index (χ2v) is 5.26. The van der Waals surface area contributed by atoms with E-state index in [9.17, 15) is 14.9 Å². The lowest BCUT2D eigenvalue weighted by Crippen LogP contribution is -2.28. The maximum absolute atomic E-state index is 12.2. The Morgan fingerprint density at radius 1 is 1.26 bits per heavy atom. The number of nitrogen functional groups attached to an aromatic ring is 1. The highest BCUT2D eigenvalue weighted by Crippen LogP contribution is 2.23. The van der Waals surface area contributed by atoms with Crippen LogP contribution in [0.25, 0.3) is 0 Å². The third kappa shape index (κ3) is 4.06. The van der Waals surface area contributed by atoms with Crippen LogP contribution in [-0.4, -0.2) is 17.4 Å². The molecule has 1 amide bonds. The lowest BCUT2D eigenvalue weighted by molar-refractivity contribution is -0.383. The van der Waals surface area contributed by atoms with Gasteiger partial charge in [-0.3, -0.25) is 14.9 Å². The van der Waals surface area contributed by atoms with Crippen LogP contribution in [0.3, 0.4) is 0 Å². The van der Waals surface area contributed by atoms with Crippen LogP contribution in [0, 0.1) is 10.1 Å². The van der Waals surface area contributed by atoms with E-state index in [0.29, 0.717) is 6.54 Å². The first-order valence-electron chi connectivity index (χ1n) is 7.40. The van der Waals surface area contributed by atoms with Gasteiger partial charge in [0.2, 0.25) is 0 Å². The molecular formula is C17H19N3O3. The summed E-state index contributed by atoms with van der Waals surface area (Å²) in [7, 11) is 0. The highest BCUT2D eigenvalue weighted by atomic mass is 16.6. The molecule has 120 valence electrons. The third-order valence-corrected chi connectivity index (χ3v) is 3.76. The molecule has 2 rings (SSSR count). The summed E-state index contributed by atoms with van der Waals surface area (Å²) in [5, 5.41) is 13.7. The number of rotatable bonds is 6. The SMILES string of the molecule is CCC(CNC(=O)c1ccc(N)c([N+](=O)[O-])c1)c1ccccc1. The van der Waals surface area contributed by atoms with Crippen molar-refractivity contribution in [1.82, 2.24) is 5.32 Å². The van der Waals surface area contributed by atoms with Gasteiger partial charge in [-0.2, -0.15) is 0 Å². The topological polar surface area (TPSA) is 98.3 Å². The number of hydrogen-bond acceptors (Lipinski definition) is 4. The van der Waals surface area contributed by atoms with E-state index in [4.69, 9.17) is 5.73 Å². The first kappa shape index (κ1) is 16.5. The van der Waals surface area contributed by atoms with Crippen LogP contribution in [0.4, 0.5) is 11.4 Å². The Morgan fingerprint density at radius 3 is 2.57 bits per heavy atom. The van der Waals surface area contributed by atoms with Gasteiger partial charge in [0.25, 0.3) is 11.6 Å². The molecular weight excluding hydrogens is 294 g/mol. The number of carbonyl (C=O) groups is 1. The number of nitrogens with zero attached hydrogens (tertiary/aromatic N) is 1. The lowest BCUT2D eigenvalue weighted by atomic mass is 9.96. The summed E-state index contributed by atoms with van der Waals surface area (Å²) in [5.41, 5.74) is 6.71. The maximum atomic E-state index is 12.2. The predicted octanol–water partition coefficient (Wildman–Crippen LogP) is 3.10. The fourth-order valence-corrected chi connectivity index (χ4v) is 2.38. The summed E-state index contributed by atoms with van der Waals surface area (Å²) in [6.45, 7) is 2.52. The van der Waals surface area contributed by atoms with Gasteiger partial charge >= 0.3 is 0 Å². The zero-order chi connectivity index (χ0) is 16.8. The summed E-state index contributed by atoms with van der Waals surface area (Å²) in [6, 6.07) is 14.0. The minimum atomic E-state index is -0.592. The molecule has 0 saturated heterocycles. The molecule has 0 aliphatic carbocycles. The van der Waals surface area contributed by atoms with E-state index in [2.05, 4.69) is 12.2 Å². The first-order valence-corrected chi connectivity index (χ1v) is 7.40. The standard InChI is InChI=1S/C17H19N3O3/c1-2-12(13-6-4-3-5-7-13)11-19-17(21)14-8-9-15(18)16(10-14)20(22)23/h3-10,12H,2,11,18H2,1H3,(H,19,21). The second-order valence-electron chi connectivity index (χ2n) is 5.26. The van der Waals surface area contributed by atoms with Gasteiger partial charge in [0.05, 0.1) is 4.92 Å². The molecule has 0 saturated carbocycles. The molecule has 0 aliphatic rings. The molecule has 0 spiro atoms. The molecule has 2 aromatic carbocycles. The number of anilines is 1. The zero-order valence-electron chi connectivity index (χ0n) is 12.9. The number of nitro benzene ring substituents is 1. The van der Waals surface area contributed by atoms with Crippen molar-refractivity contribution in [1.29, 1.82) is 0 Å². The number of benzene rings is 2. The van der Waals surface area contributed by atoms with Gasteiger partial charge in [-0.1, -0.05) is 37.3 Å². The van der Waals surface area contributed by atoms with Crippen LogP contribution in [0.5, 0.6) is 0 Å². The van der Waals surface area contributed by atoms with Crippen molar-refractivity contribution in [3.63, 3.8) is 0 Å². The average molecular weight is 313 g/mol. The van der Waals surface area contributed by atoms with Gasteiger partial charge < -0.3 is 11.1 Å². The minimum Gasteiger partial charge on any atom is -0.393 e. The largest absolute Gasteiger partial charge is 0.393 e. The van der Waals surface area contributed by atoms with Crippen LogP contribution in [0.2, 0.25) is 0 Å². The number of nitrogens with one attached hydrogen (secondary N) is 1. The second kappa shape index (κ2) is 7.40. The summed E-state index contributed by atoms with van der Waals surface area (Å²) >= 11 is 0. The Hall–Kier alpha value is -2.89. The van der Waals surface area contributed by atoms with Crippen LogP contribution in [0.1, 0.15) is 35.2 Å². The molecule has 0 bridgehead atoms. The fraction of sp³-hybridized carbons (Fsp3) is 0.235. The Kier molecular flexibility index (Phi) is 5.30. The molecule has 0 aromatic heterocycles. The van der Waals surface area contributed by atoms with E-state index < -0.39 is 4.92 Å². The molecule has 0 fully saturated rings. The summed E-state index contributed by atoms with van der Waals surface area (Å²) in [4.78, 5) is 22.5. The van der Waals surface area contributed by atoms with Crippen molar-refractivity contribution in [2.45, 2.75) is 19.3 Å². The summed E-state index contributed by atoms with van der Waals surface area (Å²) in [6.07, 6.45) is 0.881. The number of hydrogen-bond donors (Lipinski definition) is 2. The Morgan fingerprint density at radius 2 is 1.96 bits per heavy atom. The smallest absolute Gasteiger partial charge is 0.292 e. The van der Waals surface area contributed by atoms with Crippen molar-refractivity contribution in [3.8, 4) is 0 Å². The van der Waals surface area contributed by atoms with Crippen LogP contribution >= 0.6 is 0 Å². The predicted molar refractivity (Wildman–Crippen MR) is 89.3 cm³/mol. The number of nitro groups is 1. The van der Waals surface area contributed by atoms with E-state index in [-0.39, 0.29) is 28.8 Å². The van der Waals surface area contributed by atoms with Gasteiger partial charge in [-0.25, -0.2) is 0 Å². The Bertz CT molecular complexity index is 701. The molecule has 3 N–H and O–H groups in total. The summed E-state index contributed by atoms with van der Waals surface area (Å²) in [5.74, 6) is -0.147. The van der Waals surface area contributed by atoms with Gasteiger partial charge in [0.1, 0.15) is 5.69 Å². The highest BCUT2D eigenvalue weighted by Gasteiger charge is 2.17. The quantitative estimate of drug-likeness (QED) is 0.486. The van der Waals surface area contributed by atoms with Gasteiger partial charge in [0.15, 0.2) is 0 Å². The number of nitrogens with two attached hydrogens (primary N) is 1. The van der Waals surface area contributed by atoms with Crippen LogP contribution < -0.4 is 11.1 Å². The molecule has 0 heterocycles. The Balaban J connectivity index is 2.07. The van der Waals surface area contributed by atoms with E-state index in [0.717, 1.165) is 12.0 Å². The van der Waals surface area contributed by atoms with E-state index in [1.807, 2.05) is 30.3 Å². The first-order chi connectivity index (χ1) is 11.0. The highest BCUT2D eigenvalue weighted by molar-refractivity contribution is 5.95. The van der Waals surface area contributed by atoms with E-state index in [1.165, 1.54) is 18.2 Å². The van der Waals surface area contributed by atoms with Crippen LogP contribution in [0.15, 0.2) is 48.5 Å². The number of carbonyl (C=O) groups excluding carboxylic acids is 1. The maximum Gasteiger partial charge on any atom is 0.292 e. The van der Waals surface area contributed by atoms with Crippen molar-refractivity contribution in [3.05, 3.63) is 69.8 Å². The van der Waals surface area contributed by atoms with Crippen LogP contribution in [-0.2, 0) is 0 Å². The fourth-order valence-electron chi connectivity index (χ4n) is 2.38. The Labute approximate surface area is 134 Å². The zero-order valence-corrected chi connectivity index (χ0v) is 12.9. The van der Waals surface area contributed by atoms with Crippen molar-refractivity contribution in [2.75, 3.05) is 12.3 Å².